The molecule has 12 heteroatoms. The maximum absolute atomic E-state index is 14.6. The van der Waals surface area contributed by atoms with E-state index in [0.717, 1.165) is 23.6 Å². The monoisotopic (exact) mass is 601 g/mol. The van der Waals surface area contributed by atoms with Crippen LogP contribution in [0, 0.1) is 11.2 Å². The second-order valence-electron chi connectivity index (χ2n) is 11.5. The number of nitrogens with zero attached hydrogens (tertiary/aromatic N) is 1. The number of halogens is 7. The number of ketones is 1. The summed E-state index contributed by atoms with van der Waals surface area (Å²) in [5.41, 5.74) is -1.86. The van der Waals surface area contributed by atoms with Gasteiger partial charge < -0.3 is 9.47 Å². The molecule has 1 fully saturated rings. The summed E-state index contributed by atoms with van der Waals surface area (Å²) in [4.78, 5) is 26.4. The zero-order valence-corrected chi connectivity index (χ0v) is 23.6. The predicted molar refractivity (Wildman–Crippen MR) is 139 cm³/mol. The molecule has 2 aromatic carbocycles. The Kier molecular flexibility index (Phi) is 8.16. The molecule has 1 aliphatic carbocycles. The Morgan fingerprint density at radius 2 is 1.64 bits per heavy atom. The first-order valence-corrected chi connectivity index (χ1v) is 13.2. The van der Waals surface area contributed by atoms with Crippen molar-refractivity contribution in [3.63, 3.8) is 0 Å². The zero-order chi connectivity index (χ0) is 31.4. The summed E-state index contributed by atoms with van der Waals surface area (Å²) in [5, 5.41) is 0. The van der Waals surface area contributed by atoms with E-state index in [1.807, 2.05) is 13.8 Å². The molecule has 0 unspecified atom stereocenters. The van der Waals surface area contributed by atoms with E-state index in [-0.39, 0.29) is 29.3 Å². The van der Waals surface area contributed by atoms with Crippen LogP contribution in [0.1, 0.15) is 85.7 Å². The second kappa shape index (κ2) is 10.9. The molecular weight excluding hydrogens is 571 g/mol. The quantitative estimate of drug-likeness (QED) is 0.246. The van der Waals surface area contributed by atoms with Crippen LogP contribution in [-0.2, 0) is 17.1 Å². The Balaban J connectivity index is 1.77. The highest BCUT2D eigenvalue weighted by Crippen LogP contribution is 2.47. The number of alkyl halides is 6. The normalized spacial score (nSPS) is 21.0. The van der Waals surface area contributed by atoms with Crippen LogP contribution in [0.2, 0.25) is 0 Å². The van der Waals surface area contributed by atoms with Gasteiger partial charge in [0.05, 0.1) is 29.8 Å². The van der Waals surface area contributed by atoms with E-state index in [2.05, 4.69) is 0 Å². The van der Waals surface area contributed by atoms with E-state index in [9.17, 15) is 40.3 Å². The maximum atomic E-state index is 14.6. The van der Waals surface area contributed by atoms with Gasteiger partial charge in [0.2, 0.25) is 0 Å². The van der Waals surface area contributed by atoms with E-state index in [1.165, 1.54) is 31.9 Å². The highest BCUT2D eigenvalue weighted by molar-refractivity contribution is 5.96. The van der Waals surface area contributed by atoms with Gasteiger partial charge in [-0.2, -0.15) is 26.3 Å². The lowest BCUT2D eigenvalue weighted by atomic mass is 9.72. The Morgan fingerprint density at radius 3 is 2.17 bits per heavy atom. The summed E-state index contributed by atoms with van der Waals surface area (Å²) in [6.07, 6.45) is -10.7. The molecule has 0 aromatic heterocycles. The average Bonchev–Trinajstić information content (AvgIpc) is 3.15. The van der Waals surface area contributed by atoms with Crippen molar-refractivity contribution in [3.05, 3.63) is 69.5 Å². The van der Waals surface area contributed by atoms with Gasteiger partial charge in [0.1, 0.15) is 17.7 Å². The van der Waals surface area contributed by atoms with Crippen LogP contribution in [0.5, 0.6) is 5.75 Å². The Bertz CT molecular complexity index is 1410. The molecule has 0 spiro atoms. The van der Waals surface area contributed by atoms with Gasteiger partial charge in [0.25, 0.3) is 0 Å². The number of cyclic esters (lactones) is 1. The number of ether oxygens (including phenoxy) is 2. The molecule has 228 valence electrons. The molecule has 0 saturated carbocycles. The first-order valence-electron chi connectivity index (χ1n) is 13.2. The lowest BCUT2D eigenvalue weighted by molar-refractivity contribution is -0.143. The van der Waals surface area contributed by atoms with Crippen molar-refractivity contribution in [1.82, 2.24) is 4.90 Å². The van der Waals surface area contributed by atoms with Gasteiger partial charge in [-0.25, -0.2) is 9.18 Å². The largest absolute Gasteiger partial charge is 0.496 e. The van der Waals surface area contributed by atoms with Crippen molar-refractivity contribution >= 4 is 17.4 Å². The van der Waals surface area contributed by atoms with E-state index in [1.54, 1.807) is 0 Å². The first-order chi connectivity index (χ1) is 19.3. The van der Waals surface area contributed by atoms with Crippen molar-refractivity contribution in [1.29, 1.82) is 0 Å². The summed E-state index contributed by atoms with van der Waals surface area (Å²) < 4.78 is 106. The SMILES string of the molecule is COc1cc(F)c(C(C)=O)cc1C1=C(CN2C(=O)O[C@H](c3cc(C(F)(F)F)cc(C(F)(F)F)c3)[C@@H]2C)CC(C)(C)CC1. The van der Waals surface area contributed by atoms with Crippen LogP contribution in [-0.4, -0.2) is 36.5 Å². The van der Waals surface area contributed by atoms with Crippen molar-refractivity contribution in [3.8, 4) is 5.75 Å². The summed E-state index contributed by atoms with van der Waals surface area (Å²) in [7, 11) is 1.35. The lowest BCUT2D eigenvalue weighted by Gasteiger charge is -2.36. The molecule has 5 nitrogen and oxygen atoms in total. The van der Waals surface area contributed by atoms with E-state index in [0.29, 0.717) is 30.5 Å². The molecule has 0 bridgehead atoms. The van der Waals surface area contributed by atoms with Crippen molar-refractivity contribution in [2.75, 3.05) is 13.7 Å². The number of benzene rings is 2. The smallest absolute Gasteiger partial charge is 0.416 e. The third kappa shape index (κ3) is 6.27. The number of allylic oxidation sites excluding steroid dienone is 1. The first kappa shape index (κ1) is 31.4. The number of carbonyl (C=O) groups is 2. The second-order valence-corrected chi connectivity index (χ2v) is 11.5. The standard InChI is InChI=1S/C30H30F7NO4/c1-15-26(17-8-19(29(32,33)34)10-20(9-17)30(35,36)37)42-27(40)38(15)14-18-13-28(3,4)7-6-21(18)23-11-22(16(2)39)24(31)12-25(23)41-5/h8-12,15,26H,6-7,13-14H2,1-5H3/t15-,26-/m0/s1. The number of carbonyl (C=O) groups excluding carboxylic acids is 2. The summed E-state index contributed by atoms with van der Waals surface area (Å²) in [5.74, 6) is -1.06. The number of amides is 1. The Hall–Kier alpha value is -3.57. The van der Waals surface area contributed by atoms with Crippen molar-refractivity contribution in [2.45, 2.75) is 71.5 Å². The van der Waals surface area contributed by atoms with Crippen LogP contribution < -0.4 is 4.74 Å². The maximum Gasteiger partial charge on any atom is 0.416 e. The van der Waals surface area contributed by atoms with Crippen molar-refractivity contribution in [2.24, 2.45) is 5.41 Å². The molecule has 4 rings (SSSR count). The Labute approximate surface area is 238 Å². The summed E-state index contributed by atoms with van der Waals surface area (Å²) >= 11 is 0. The fraction of sp³-hybridized carbons (Fsp3) is 0.467. The third-order valence-corrected chi connectivity index (χ3v) is 7.86. The summed E-state index contributed by atoms with van der Waals surface area (Å²) in [6.45, 7) is 6.71. The molecule has 1 amide bonds. The van der Waals surface area contributed by atoms with Crippen LogP contribution in [0.25, 0.3) is 5.57 Å². The highest BCUT2D eigenvalue weighted by Gasteiger charge is 2.44. The van der Waals surface area contributed by atoms with Crippen LogP contribution in [0.4, 0.5) is 35.5 Å². The average molecular weight is 602 g/mol. The predicted octanol–water partition coefficient (Wildman–Crippen LogP) is 8.62. The number of rotatable bonds is 6. The summed E-state index contributed by atoms with van der Waals surface area (Å²) in [6, 6.07) is 2.74. The molecule has 2 atom stereocenters. The fourth-order valence-corrected chi connectivity index (χ4v) is 5.63. The van der Waals surface area contributed by atoms with Gasteiger partial charge in [0, 0.05) is 18.2 Å². The molecular formula is C30H30F7NO4. The topological polar surface area (TPSA) is 55.8 Å². The molecule has 1 aliphatic heterocycles. The number of methoxy groups -OCH3 is 1. The Morgan fingerprint density at radius 1 is 1.05 bits per heavy atom. The molecule has 42 heavy (non-hydrogen) atoms. The molecule has 0 N–H and O–H groups in total. The number of hydrogen-bond donors (Lipinski definition) is 0. The molecule has 2 aromatic rings. The molecule has 1 saturated heterocycles. The van der Waals surface area contributed by atoms with Crippen molar-refractivity contribution < 1.29 is 49.8 Å². The fourth-order valence-electron chi connectivity index (χ4n) is 5.63. The van der Waals surface area contributed by atoms with Gasteiger partial charge in [-0.05, 0) is 79.5 Å². The van der Waals surface area contributed by atoms with Gasteiger partial charge in [-0.15, -0.1) is 0 Å². The van der Waals surface area contributed by atoms with Crippen LogP contribution in [0.3, 0.4) is 0 Å². The minimum Gasteiger partial charge on any atom is -0.496 e. The van der Waals surface area contributed by atoms with Crippen LogP contribution >= 0.6 is 0 Å². The molecule has 2 aliphatic rings. The van der Waals surface area contributed by atoms with Gasteiger partial charge in [0.15, 0.2) is 5.78 Å². The van der Waals surface area contributed by atoms with Gasteiger partial charge in [-0.3, -0.25) is 9.69 Å². The number of hydrogen-bond acceptors (Lipinski definition) is 4. The third-order valence-electron chi connectivity index (χ3n) is 7.86. The van der Waals surface area contributed by atoms with E-state index >= 15 is 0 Å². The van der Waals surface area contributed by atoms with Gasteiger partial charge in [-0.1, -0.05) is 13.8 Å². The van der Waals surface area contributed by atoms with E-state index in [4.69, 9.17) is 9.47 Å². The van der Waals surface area contributed by atoms with Crippen LogP contribution in [0.15, 0.2) is 35.9 Å². The molecule has 1 heterocycles. The molecule has 0 radical (unpaired) electrons. The highest BCUT2D eigenvalue weighted by atomic mass is 19.4. The lowest BCUT2D eigenvalue weighted by Crippen LogP contribution is -2.35. The minimum absolute atomic E-state index is 0.0231. The number of Topliss-reactive ketones (excluding diaryl/α,β-unsaturated/α-hetero) is 1. The van der Waals surface area contributed by atoms with Gasteiger partial charge >= 0.3 is 18.4 Å². The minimum atomic E-state index is -5.05. The van der Waals surface area contributed by atoms with E-state index < -0.39 is 58.9 Å². The zero-order valence-electron chi connectivity index (χ0n) is 23.6.